The quantitative estimate of drug-likeness (QED) is 0.128. The van der Waals surface area contributed by atoms with E-state index in [-0.39, 0.29) is 25.1 Å². The van der Waals surface area contributed by atoms with E-state index in [0.717, 1.165) is 44.9 Å². The molecule has 0 heterocycles. The van der Waals surface area contributed by atoms with Gasteiger partial charge in [-0.3, -0.25) is 19.7 Å². The molecule has 0 amide bonds. The summed E-state index contributed by atoms with van der Waals surface area (Å²) in [4.78, 5) is 35.7. The highest BCUT2D eigenvalue weighted by Gasteiger charge is 2.23. The van der Waals surface area contributed by atoms with Gasteiger partial charge < -0.3 is 14.2 Å². The average molecular weight is 472 g/mol. The molecule has 0 aromatic rings. The van der Waals surface area contributed by atoms with Crippen molar-refractivity contribution in [3.05, 3.63) is 0 Å². The Labute approximate surface area is 201 Å². The third-order valence-corrected chi connectivity index (χ3v) is 5.40. The summed E-state index contributed by atoms with van der Waals surface area (Å²) in [6, 6.07) is 0. The van der Waals surface area contributed by atoms with Crippen LogP contribution in [0.2, 0.25) is 0 Å². The monoisotopic (exact) mass is 471 g/mol. The van der Waals surface area contributed by atoms with E-state index in [1.165, 1.54) is 39.0 Å². The van der Waals surface area contributed by atoms with Gasteiger partial charge in [0, 0.05) is 25.3 Å². The van der Waals surface area contributed by atoms with Crippen LogP contribution in [0, 0.1) is 0 Å². The van der Waals surface area contributed by atoms with E-state index < -0.39 is 17.8 Å². The number of rotatable bonds is 21. The van der Waals surface area contributed by atoms with Crippen LogP contribution < -0.4 is 5.32 Å². The second kappa shape index (κ2) is 19.8. The van der Waals surface area contributed by atoms with E-state index in [0.29, 0.717) is 12.8 Å². The van der Waals surface area contributed by atoms with Crippen molar-refractivity contribution in [2.24, 2.45) is 0 Å². The lowest BCUT2D eigenvalue weighted by molar-refractivity contribution is -0.188. The van der Waals surface area contributed by atoms with E-state index in [1.807, 2.05) is 13.8 Å². The molecule has 0 aliphatic carbocycles. The molecule has 1 unspecified atom stereocenters. The lowest BCUT2D eigenvalue weighted by atomic mass is 10.1. The van der Waals surface area contributed by atoms with Crippen LogP contribution in [0.4, 0.5) is 0 Å². The molecular weight excluding hydrogens is 422 g/mol. The normalized spacial score (nSPS) is 12.3. The molecule has 0 aliphatic rings. The Bertz CT molecular complexity index is 535. The van der Waals surface area contributed by atoms with Crippen molar-refractivity contribution < 1.29 is 28.6 Å². The highest BCUT2D eigenvalue weighted by Crippen LogP contribution is 2.14. The van der Waals surface area contributed by atoms with Gasteiger partial charge in [-0.2, -0.15) is 0 Å². The molecule has 33 heavy (non-hydrogen) atoms. The minimum atomic E-state index is -0.852. The van der Waals surface area contributed by atoms with Crippen molar-refractivity contribution in [1.82, 2.24) is 5.32 Å². The van der Waals surface area contributed by atoms with E-state index in [9.17, 15) is 14.4 Å². The lowest BCUT2D eigenvalue weighted by Crippen LogP contribution is -2.47. The van der Waals surface area contributed by atoms with Crippen LogP contribution in [0.5, 0.6) is 0 Å². The Hall–Kier alpha value is -1.63. The number of hydrogen-bond acceptors (Lipinski definition) is 7. The van der Waals surface area contributed by atoms with Crippen LogP contribution in [0.1, 0.15) is 125 Å². The first-order chi connectivity index (χ1) is 15.7. The van der Waals surface area contributed by atoms with E-state index in [1.54, 1.807) is 0 Å². The van der Waals surface area contributed by atoms with Gasteiger partial charge in [0.05, 0.1) is 6.54 Å². The van der Waals surface area contributed by atoms with Crippen molar-refractivity contribution >= 4 is 17.9 Å². The second-order valence-corrected chi connectivity index (χ2v) is 9.50. The predicted molar refractivity (Wildman–Crippen MR) is 131 cm³/mol. The molecule has 0 rings (SSSR count). The first kappa shape index (κ1) is 31.4. The average Bonchev–Trinajstić information content (AvgIpc) is 2.75. The van der Waals surface area contributed by atoms with E-state index in [2.05, 4.69) is 19.2 Å². The van der Waals surface area contributed by atoms with Crippen molar-refractivity contribution in [3.63, 3.8) is 0 Å². The van der Waals surface area contributed by atoms with Crippen molar-refractivity contribution in [3.8, 4) is 0 Å². The summed E-state index contributed by atoms with van der Waals surface area (Å²) in [7, 11) is 0. The zero-order valence-electron chi connectivity index (χ0n) is 21.8. The third-order valence-electron chi connectivity index (χ3n) is 5.40. The molecule has 0 aliphatic heterocycles. The molecule has 0 bridgehead atoms. The van der Waals surface area contributed by atoms with Gasteiger partial charge in [-0.1, -0.05) is 78.1 Å². The smallest absolute Gasteiger partial charge is 0.323 e. The minimum absolute atomic E-state index is 0.0592. The lowest BCUT2D eigenvalue weighted by Gasteiger charge is -2.26. The SMILES string of the molecule is CCCCCCCCCC(OC(=O)CCCCCCC)OC(=O)CNC(C)(C)COC(C)=O. The van der Waals surface area contributed by atoms with Crippen molar-refractivity contribution in [2.45, 2.75) is 136 Å². The fourth-order valence-corrected chi connectivity index (χ4v) is 3.32. The first-order valence-corrected chi connectivity index (χ1v) is 13.0. The molecule has 0 saturated carbocycles. The summed E-state index contributed by atoms with van der Waals surface area (Å²) in [6.07, 6.45) is 13.2. The molecule has 0 radical (unpaired) electrons. The Morgan fingerprint density at radius 1 is 0.758 bits per heavy atom. The molecule has 194 valence electrons. The molecule has 0 aromatic carbocycles. The summed E-state index contributed by atoms with van der Waals surface area (Å²) in [5.74, 6) is -1.17. The maximum atomic E-state index is 12.4. The molecule has 1 N–H and O–H groups in total. The molecule has 0 saturated heterocycles. The van der Waals surface area contributed by atoms with Crippen LogP contribution in [0.25, 0.3) is 0 Å². The largest absolute Gasteiger partial charge is 0.464 e. The number of unbranched alkanes of at least 4 members (excludes halogenated alkanes) is 10. The van der Waals surface area contributed by atoms with Gasteiger partial charge in [-0.05, 0) is 26.7 Å². The van der Waals surface area contributed by atoms with Crippen LogP contribution in [0.3, 0.4) is 0 Å². The molecule has 1 atom stereocenters. The van der Waals surface area contributed by atoms with Crippen LogP contribution >= 0.6 is 0 Å². The minimum Gasteiger partial charge on any atom is -0.464 e. The number of esters is 3. The van der Waals surface area contributed by atoms with Gasteiger partial charge >= 0.3 is 17.9 Å². The number of carbonyl (C=O) groups is 3. The van der Waals surface area contributed by atoms with Crippen molar-refractivity contribution in [2.75, 3.05) is 13.2 Å². The molecule has 0 fully saturated rings. The van der Waals surface area contributed by atoms with Crippen LogP contribution in [-0.4, -0.2) is 42.9 Å². The number of nitrogens with one attached hydrogen (secondary N) is 1. The summed E-state index contributed by atoms with van der Waals surface area (Å²) in [5.41, 5.74) is -0.576. The Balaban J connectivity index is 4.51. The van der Waals surface area contributed by atoms with Crippen LogP contribution in [0.15, 0.2) is 0 Å². The maximum Gasteiger partial charge on any atom is 0.323 e. The third kappa shape index (κ3) is 20.7. The standard InChI is InChI=1S/C26H49NO6/c1-6-8-10-12-13-15-17-19-25(32-23(29)18-16-14-11-9-7-2)33-24(30)20-27-26(4,5)21-31-22(3)28/h25,27H,6-21H2,1-5H3. The Morgan fingerprint density at radius 2 is 1.27 bits per heavy atom. The highest BCUT2D eigenvalue weighted by molar-refractivity contribution is 5.73. The van der Waals surface area contributed by atoms with Crippen molar-refractivity contribution in [1.29, 1.82) is 0 Å². The predicted octanol–water partition coefficient (Wildman–Crippen LogP) is 5.83. The van der Waals surface area contributed by atoms with Gasteiger partial charge in [-0.15, -0.1) is 0 Å². The zero-order chi connectivity index (χ0) is 25.0. The summed E-state index contributed by atoms with van der Waals surface area (Å²) in [5, 5.41) is 3.03. The van der Waals surface area contributed by atoms with Gasteiger partial charge in [0.25, 0.3) is 0 Å². The molecule has 0 spiro atoms. The van der Waals surface area contributed by atoms with Gasteiger partial charge in [0.15, 0.2) is 0 Å². The van der Waals surface area contributed by atoms with E-state index >= 15 is 0 Å². The maximum absolute atomic E-state index is 12.4. The summed E-state index contributed by atoms with van der Waals surface area (Å²) >= 11 is 0. The first-order valence-electron chi connectivity index (χ1n) is 13.0. The zero-order valence-corrected chi connectivity index (χ0v) is 21.8. The summed E-state index contributed by atoms with van der Waals surface area (Å²) in [6.45, 7) is 9.44. The summed E-state index contributed by atoms with van der Waals surface area (Å²) < 4.78 is 16.0. The Morgan fingerprint density at radius 3 is 1.85 bits per heavy atom. The van der Waals surface area contributed by atoms with Gasteiger partial charge in [0.1, 0.15) is 6.61 Å². The van der Waals surface area contributed by atoms with Gasteiger partial charge in [-0.25, -0.2) is 0 Å². The number of ether oxygens (including phenoxy) is 3. The second-order valence-electron chi connectivity index (χ2n) is 9.50. The fourth-order valence-electron chi connectivity index (χ4n) is 3.32. The molecule has 0 aromatic heterocycles. The van der Waals surface area contributed by atoms with Gasteiger partial charge in [0.2, 0.25) is 6.29 Å². The fraction of sp³-hybridized carbons (Fsp3) is 0.885. The highest BCUT2D eigenvalue weighted by atomic mass is 16.7. The molecular formula is C26H49NO6. The number of hydrogen-bond donors (Lipinski definition) is 1. The van der Waals surface area contributed by atoms with Crippen LogP contribution in [-0.2, 0) is 28.6 Å². The molecule has 7 nitrogen and oxygen atoms in total. The topological polar surface area (TPSA) is 90.9 Å². The molecule has 7 heteroatoms. The Kier molecular flexibility index (Phi) is 18.8. The number of carbonyl (C=O) groups excluding carboxylic acids is 3. The van der Waals surface area contributed by atoms with E-state index in [4.69, 9.17) is 14.2 Å².